The predicted molar refractivity (Wildman–Crippen MR) is 107 cm³/mol. The van der Waals surface area contributed by atoms with Crippen LogP contribution in [-0.2, 0) is 0 Å². The van der Waals surface area contributed by atoms with E-state index in [1.165, 1.54) is 0 Å². The van der Waals surface area contributed by atoms with Crippen LogP contribution in [0.4, 0.5) is 5.95 Å². The van der Waals surface area contributed by atoms with Crippen LogP contribution in [0, 0.1) is 6.92 Å². The molecule has 0 saturated carbocycles. The van der Waals surface area contributed by atoms with Gasteiger partial charge in [-0.2, -0.15) is 4.98 Å². The summed E-state index contributed by atoms with van der Waals surface area (Å²) in [5, 5.41) is 14.2. The van der Waals surface area contributed by atoms with Gasteiger partial charge in [0.25, 0.3) is 11.6 Å². The van der Waals surface area contributed by atoms with E-state index in [0.29, 0.717) is 33.9 Å². The lowest BCUT2D eigenvalue weighted by Gasteiger charge is -2.08. The molecule has 0 aliphatic carbocycles. The smallest absolute Gasteiger partial charge is 0.259 e. The number of carbonyl (C=O) groups is 1. The SMILES string of the molecule is COc1ccccc1-c1nc(NC(=O)c2cc(C(C)C)nc3onc(C)c23)n[nH]1. The molecule has 1 amide bonds. The Labute approximate surface area is 166 Å². The Morgan fingerprint density at radius 2 is 2.03 bits per heavy atom. The molecule has 2 N–H and O–H groups in total. The number of aromatic nitrogens is 5. The number of methoxy groups -OCH3 is 1. The zero-order valence-electron chi connectivity index (χ0n) is 16.5. The highest BCUT2D eigenvalue weighted by atomic mass is 16.5. The van der Waals surface area contributed by atoms with Gasteiger partial charge in [-0.1, -0.05) is 31.1 Å². The number of aryl methyl sites for hydroxylation is 1. The number of hydrogen-bond donors (Lipinski definition) is 2. The fourth-order valence-electron chi connectivity index (χ4n) is 3.04. The van der Waals surface area contributed by atoms with Crippen LogP contribution in [0.3, 0.4) is 0 Å². The second-order valence-corrected chi connectivity index (χ2v) is 6.86. The second kappa shape index (κ2) is 7.34. The van der Waals surface area contributed by atoms with Crippen LogP contribution in [0.15, 0.2) is 34.9 Å². The van der Waals surface area contributed by atoms with E-state index in [4.69, 9.17) is 9.26 Å². The van der Waals surface area contributed by atoms with Crippen molar-refractivity contribution >= 4 is 23.0 Å². The monoisotopic (exact) mass is 392 g/mol. The van der Waals surface area contributed by atoms with Crippen LogP contribution in [0.25, 0.3) is 22.5 Å². The third-order valence-electron chi connectivity index (χ3n) is 4.55. The lowest BCUT2D eigenvalue weighted by atomic mass is 10.0. The molecule has 1 aromatic carbocycles. The van der Waals surface area contributed by atoms with Crippen molar-refractivity contribution in [3.8, 4) is 17.1 Å². The molecule has 0 bridgehead atoms. The number of ether oxygens (including phenoxy) is 1. The van der Waals surface area contributed by atoms with Gasteiger partial charge in [0.15, 0.2) is 5.82 Å². The molecule has 0 fully saturated rings. The molecule has 0 unspecified atom stereocenters. The number of aromatic amines is 1. The fourth-order valence-corrected chi connectivity index (χ4v) is 3.04. The zero-order chi connectivity index (χ0) is 20.5. The van der Waals surface area contributed by atoms with Crippen LogP contribution in [0.2, 0.25) is 0 Å². The third-order valence-corrected chi connectivity index (χ3v) is 4.55. The maximum absolute atomic E-state index is 13.0. The van der Waals surface area contributed by atoms with E-state index in [1.54, 1.807) is 20.1 Å². The van der Waals surface area contributed by atoms with Gasteiger partial charge < -0.3 is 9.26 Å². The Kier molecular flexibility index (Phi) is 4.71. The molecule has 0 radical (unpaired) electrons. The number of pyridine rings is 1. The van der Waals surface area contributed by atoms with Gasteiger partial charge in [0.1, 0.15) is 5.75 Å². The van der Waals surface area contributed by atoms with Gasteiger partial charge >= 0.3 is 0 Å². The highest BCUT2D eigenvalue weighted by molar-refractivity contribution is 6.11. The highest BCUT2D eigenvalue weighted by Gasteiger charge is 2.21. The summed E-state index contributed by atoms with van der Waals surface area (Å²) in [7, 11) is 1.58. The van der Waals surface area contributed by atoms with E-state index in [9.17, 15) is 4.79 Å². The van der Waals surface area contributed by atoms with Crippen LogP contribution in [-0.4, -0.2) is 38.3 Å². The summed E-state index contributed by atoms with van der Waals surface area (Å²) in [5.74, 6) is 1.05. The van der Waals surface area contributed by atoms with Crippen molar-refractivity contribution in [2.24, 2.45) is 0 Å². The number of hydrogen-bond acceptors (Lipinski definition) is 7. The Bertz CT molecular complexity index is 1190. The van der Waals surface area contributed by atoms with E-state index in [2.05, 4.69) is 30.6 Å². The van der Waals surface area contributed by atoms with Crippen molar-refractivity contribution in [3.63, 3.8) is 0 Å². The molecule has 0 saturated heterocycles. The standard InChI is InChI=1S/C20H20N6O3/c1-10(2)14-9-13(16-11(3)26-29-19(16)21-14)18(27)23-20-22-17(24-25-20)12-7-5-6-8-15(12)28-4/h5-10H,1-4H3,(H2,22,23,24,25,27). The summed E-state index contributed by atoms with van der Waals surface area (Å²) >= 11 is 0. The van der Waals surface area contributed by atoms with Crippen LogP contribution in [0.5, 0.6) is 5.75 Å². The number of carbonyl (C=O) groups excluding carboxylic acids is 1. The number of benzene rings is 1. The molecule has 4 rings (SSSR count). The van der Waals surface area contributed by atoms with Crippen molar-refractivity contribution in [1.29, 1.82) is 0 Å². The first kappa shape index (κ1) is 18.6. The van der Waals surface area contributed by atoms with E-state index >= 15 is 0 Å². The number of para-hydroxylation sites is 1. The van der Waals surface area contributed by atoms with Gasteiger partial charge in [-0.15, -0.1) is 5.10 Å². The van der Waals surface area contributed by atoms with Gasteiger partial charge in [-0.05, 0) is 31.0 Å². The number of rotatable bonds is 5. The summed E-state index contributed by atoms with van der Waals surface area (Å²) in [6.45, 7) is 5.76. The summed E-state index contributed by atoms with van der Waals surface area (Å²) < 4.78 is 10.6. The number of amides is 1. The van der Waals surface area contributed by atoms with Crippen molar-refractivity contribution in [2.45, 2.75) is 26.7 Å². The van der Waals surface area contributed by atoms with Crippen molar-refractivity contribution in [2.75, 3.05) is 12.4 Å². The molecule has 0 atom stereocenters. The molecule has 4 aromatic rings. The minimum atomic E-state index is -0.365. The first-order chi connectivity index (χ1) is 14.0. The van der Waals surface area contributed by atoms with Crippen LogP contribution in [0.1, 0.15) is 41.5 Å². The predicted octanol–water partition coefficient (Wildman–Crippen LogP) is 3.70. The van der Waals surface area contributed by atoms with Gasteiger partial charge in [-0.3, -0.25) is 15.2 Å². The maximum atomic E-state index is 13.0. The lowest BCUT2D eigenvalue weighted by Crippen LogP contribution is -2.14. The normalized spacial score (nSPS) is 11.2. The quantitative estimate of drug-likeness (QED) is 0.531. The van der Waals surface area contributed by atoms with E-state index in [-0.39, 0.29) is 17.8 Å². The Morgan fingerprint density at radius 3 is 2.79 bits per heavy atom. The highest BCUT2D eigenvalue weighted by Crippen LogP contribution is 2.28. The number of anilines is 1. The lowest BCUT2D eigenvalue weighted by molar-refractivity contribution is 0.102. The largest absolute Gasteiger partial charge is 0.496 e. The van der Waals surface area contributed by atoms with E-state index < -0.39 is 0 Å². The maximum Gasteiger partial charge on any atom is 0.259 e. The van der Waals surface area contributed by atoms with Crippen molar-refractivity contribution in [3.05, 3.63) is 47.3 Å². The summed E-state index contributed by atoms with van der Waals surface area (Å²) in [5.41, 5.74) is 2.83. The number of fused-ring (bicyclic) bond motifs is 1. The summed E-state index contributed by atoms with van der Waals surface area (Å²) in [4.78, 5) is 21.8. The minimum Gasteiger partial charge on any atom is -0.496 e. The average molecular weight is 392 g/mol. The number of nitrogens with zero attached hydrogens (tertiary/aromatic N) is 4. The van der Waals surface area contributed by atoms with Gasteiger partial charge in [0.2, 0.25) is 5.95 Å². The van der Waals surface area contributed by atoms with Crippen LogP contribution < -0.4 is 10.1 Å². The Morgan fingerprint density at radius 1 is 1.24 bits per heavy atom. The first-order valence-electron chi connectivity index (χ1n) is 9.12. The molecule has 0 aliphatic rings. The fraction of sp³-hybridized carbons (Fsp3) is 0.250. The summed E-state index contributed by atoms with van der Waals surface area (Å²) in [6, 6.07) is 9.16. The number of H-pyrrole nitrogens is 1. The molecule has 0 spiro atoms. The molecule has 3 aromatic heterocycles. The molecule has 9 heteroatoms. The van der Waals surface area contributed by atoms with E-state index in [0.717, 1.165) is 11.3 Å². The topological polar surface area (TPSA) is 119 Å². The van der Waals surface area contributed by atoms with E-state index in [1.807, 2.05) is 38.1 Å². The second-order valence-electron chi connectivity index (χ2n) is 6.86. The summed E-state index contributed by atoms with van der Waals surface area (Å²) in [6.07, 6.45) is 0. The van der Waals surface area contributed by atoms with Gasteiger partial charge in [0.05, 0.1) is 29.3 Å². The zero-order valence-corrected chi connectivity index (χ0v) is 16.5. The molecule has 3 heterocycles. The third kappa shape index (κ3) is 3.42. The number of nitrogens with one attached hydrogen (secondary N) is 2. The van der Waals surface area contributed by atoms with Crippen molar-refractivity contribution < 1.29 is 14.1 Å². The van der Waals surface area contributed by atoms with Gasteiger partial charge in [0, 0.05) is 5.69 Å². The van der Waals surface area contributed by atoms with Crippen molar-refractivity contribution in [1.82, 2.24) is 25.3 Å². The molecule has 148 valence electrons. The molecule has 9 nitrogen and oxygen atoms in total. The Hall–Kier alpha value is -3.75. The minimum absolute atomic E-state index is 0.122. The first-order valence-corrected chi connectivity index (χ1v) is 9.12. The molecule has 29 heavy (non-hydrogen) atoms. The Balaban J connectivity index is 1.67. The molecular formula is C20H20N6O3. The van der Waals surface area contributed by atoms with Crippen LogP contribution >= 0.6 is 0 Å². The molecule has 0 aliphatic heterocycles. The average Bonchev–Trinajstić information content (AvgIpc) is 3.34. The van der Waals surface area contributed by atoms with Gasteiger partial charge in [-0.25, -0.2) is 4.98 Å². The molecular weight excluding hydrogens is 372 g/mol.